The Morgan fingerprint density at radius 3 is 1.83 bits per heavy atom. The highest BCUT2D eigenvalue weighted by Crippen LogP contribution is 2.74. The van der Waals surface area contributed by atoms with Gasteiger partial charge >= 0.3 is 0 Å². The summed E-state index contributed by atoms with van der Waals surface area (Å²) < 4.78 is 0. The molecule has 2 aliphatic heterocycles. The fourth-order valence-corrected chi connectivity index (χ4v) is 13.8. The summed E-state index contributed by atoms with van der Waals surface area (Å²) in [4.78, 5) is 15.2. The predicted octanol–water partition coefficient (Wildman–Crippen LogP) is 14.2. The lowest BCUT2D eigenvalue weighted by molar-refractivity contribution is 0.231. The minimum absolute atomic E-state index is 0.0859. The highest BCUT2D eigenvalue weighted by Gasteiger charge is 2.69. The predicted molar refractivity (Wildman–Crippen MR) is 258 cm³/mol. The second-order valence-corrected chi connectivity index (χ2v) is 20.8. The molecule has 0 radical (unpaired) electrons. The van der Waals surface area contributed by atoms with Gasteiger partial charge in [-0.2, -0.15) is 5.26 Å². The summed E-state index contributed by atoms with van der Waals surface area (Å²) in [6.07, 6.45) is 4.74. The van der Waals surface area contributed by atoms with E-state index in [1.54, 1.807) is 0 Å². The number of benzene rings is 5. The van der Waals surface area contributed by atoms with E-state index in [0.29, 0.717) is 5.56 Å². The van der Waals surface area contributed by atoms with Crippen LogP contribution < -0.4 is 9.80 Å². The van der Waals surface area contributed by atoms with E-state index in [9.17, 15) is 5.26 Å². The Hall–Kier alpha value is -6.51. The quantitative estimate of drug-likeness (QED) is 0.178. The van der Waals surface area contributed by atoms with Crippen molar-refractivity contribution in [2.45, 2.75) is 109 Å². The smallest absolute Gasteiger partial charge is 0.104 e. The molecule has 1 spiro atoms. The molecule has 0 N–H and O–H groups in total. The van der Waals surface area contributed by atoms with Crippen LogP contribution in [0.1, 0.15) is 119 Å². The molecule has 4 heterocycles. The van der Waals surface area contributed by atoms with Crippen molar-refractivity contribution in [2.75, 3.05) is 9.80 Å². The van der Waals surface area contributed by atoms with Crippen LogP contribution in [0, 0.1) is 18.3 Å². The maximum absolute atomic E-state index is 12.2. The normalized spacial score (nSPS) is 19.6. The van der Waals surface area contributed by atoms with Crippen LogP contribution >= 0.6 is 0 Å². The summed E-state index contributed by atoms with van der Waals surface area (Å²) in [5.74, 6) is 0. The van der Waals surface area contributed by atoms with E-state index < -0.39 is 21.7 Å². The van der Waals surface area contributed by atoms with Crippen LogP contribution in [0.2, 0.25) is 0 Å². The molecule has 5 aromatic carbocycles. The number of anilines is 5. The SMILES string of the molecule is Cc1c(N2c3cccnc3C(C)(C)CC2C)c(C#N)c(N2c3ccc(-c4ccccc4)cc3C(C)(C)c3ncccc32)c2c1C(C)(C)C1(c3ccccc3-c3ccccc31)C2(C)C. The lowest BCUT2D eigenvalue weighted by atomic mass is 9.52. The number of hydrogen-bond donors (Lipinski definition) is 0. The van der Waals surface area contributed by atoms with Crippen LogP contribution in [-0.2, 0) is 27.1 Å². The molecule has 5 nitrogen and oxygen atoms in total. The Morgan fingerprint density at radius 2 is 1.17 bits per heavy atom. The summed E-state index contributed by atoms with van der Waals surface area (Å²) in [5, 5.41) is 12.2. The van der Waals surface area contributed by atoms with Gasteiger partial charge in [-0.25, -0.2) is 0 Å². The maximum Gasteiger partial charge on any atom is 0.104 e. The molecule has 0 saturated heterocycles. The molecule has 1 unspecified atom stereocenters. The second kappa shape index (κ2) is 13.0. The van der Waals surface area contributed by atoms with Crippen LogP contribution in [0.5, 0.6) is 0 Å². The van der Waals surface area contributed by atoms with Gasteiger partial charge in [-0.15, -0.1) is 0 Å². The topological polar surface area (TPSA) is 56.1 Å². The molecule has 2 aromatic heterocycles. The van der Waals surface area contributed by atoms with Crippen molar-refractivity contribution in [1.82, 2.24) is 9.97 Å². The highest BCUT2D eigenvalue weighted by atomic mass is 15.2. The minimum Gasteiger partial charge on any atom is -0.336 e. The van der Waals surface area contributed by atoms with Gasteiger partial charge in [0.25, 0.3) is 0 Å². The van der Waals surface area contributed by atoms with Gasteiger partial charge in [0.05, 0.1) is 39.8 Å². The Balaban J connectivity index is 1.32. The zero-order valence-electron chi connectivity index (χ0n) is 38.2. The number of aromatic nitrogens is 2. The van der Waals surface area contributed by atoms with Gasteiger partial charge in [0.1, 0.15) is 11.6 Å². The van der Waals surface area contributed by atoms with Crippen molar-refractivity contribution in [3.8, 4) is 28.3 Å². The maximum atomic E-state index is 12.2. The van der Waals surface area contributed by atoms with Crippen molar-refractivity contribution in [3.63, 3.8) is 0 Å². The zero-order valence-corrected chi connectivity index (χ0v) is 38.2. The first-order chi connectivity index (χ1) is 30.1. The van der Waals surface area contributed by atoms with Gasteiger partial charge in [0, 0.05) is 45.5 Å². The lowest BCUT2D eigenvalue weighted by Gasteiger charge is -2.50. The molecule has 0 amide bonds. The number of nitriles is 1. The summed E-state index contributed by atoms with van der Waals surface area (Å²) >= 11 is 0. The van der Waals surface area contributed by atoms with Crippen molar-refractivity contribution < 1.29 is 0 Å². The van der Waals surface area contributed by atoms with E-state index in [2.05, 4.69) is 206 Å². The van der Waals surface area contributed by atoms with Crippen LogP contribution in [0.3, 0.4) is 0 Å². The van der Waals surface area contributed by atoms with Gasteiger partial charge in [-0.3, -0.25) is 9.97 Å². The third-order valence-electron chi connectivity index (χ3n) is 15.9. The van der Waals surface area contributed by atoms with E-state index in [1.807, 2.05) is 12.4 Å². The molecule has 7 aromatic rings. The van der Waals surface area contributed by atoms with Gasteiger partial charge in [-0.1, -0.05) is 126 Å². The molecule has 4 aliphatic rings. The highest BCUT2D eigenvalue weighted by molar-refractivity contribution is 5.98. The number of pyridine rings is 2. The van der Waals surface area contributed by atoms with Crippen LogP contribution in [0.15, 0.2) is 134 Å². The molecule has 11 rings (SSSR count). The zero-order chi connectivity index (χ0) is 44.0. The Bertz CT molecular complexity index is 3060. The van der Waals surface area contributed by atoms with Gasteiger partial charge < -0.3 is 9.80 Å². The monoisotopic (exact) mass is 821 g/mol. The molecule has 1 atom stereocenters. The summed E-state index contributed by atoms with van der Waals surface area (Å²) in [6.45, 7) is 23.8. The molecular weight excluding hydrogens is 767 g/mol. The average molecular weight is 822 g/mol. The van der Waals surface area contributed by atoms with E-state index in [1.165, 1.54) is 44.5 Å². The van der Waals surface area contributed by atoms with Crippen molar-refractivity contribution >= 4 is 28.4 Å². The third kappa shape index (κ3) is 4.82. The lowest BCUT2D eigenvalue weighted by Crippen LogP contribution is -2.51. The molecule has 2 aliphatic carbocycles. The van der Waals surface area contributed by atoms with Crippen LogP contribution in [0.4, 0.5) is 28.4 Å². The molecule has 63 heavy (non-hydrogen) atoms. The molecule has 5 heteroatoms. The van der Waals surface area contributed by atoms with Crippen LogP contribution in [0.25, 0.3) is 22.3 Å². The van der Waals surface area contributed by atoms with Crippen molar-refractivity contribution in [1.29, 1.82) is 5.26 Å². The van der Waals surface area contributed by atoms with E-state index in [-0.39, 0.29) is 11.5 Å². The van der Waals surface area contributed by atoms with Crippen molar-refractivity contribution in [2.24, 2.45) is 0 Å². The number of nitrogens with zero attached hydrogens (tertiary/aromatic N) is 5. The van der Waals surface area contributed by atoms with Crippen molar-refractivity contribution in [3.05, 3.63) is 184 Å². The standard InChI is InChI=1S/C58H55N5/c1-35-33-54(3,4)52-46(26-18-30-60-52)62(35)50-36(2)48-49(57(9,10)58(56(48,7)8)42-24-16-14-22-39(42)40-23-15-17-25-43(40)58)51(41(50)34-59)63-45-29-28-38(37-20-12-11-13-21-37)32-44(45)55(5,6)53-47(63)27-19-31-61-53/h11-32,35H,33H2,1-10H3. The number of fused-ring (bicyclic) bond motifs is 9. The summed E-state index contributed by atoms with van der Waals surface area (Å²) in [6, 6.07) is 47.4. The largest absolute Gasteiger partial charge is 0.336 e. The molecule has 0 fully saturated rings. The Kier molecular flexibility index (Phi) is 8.13. The second-order valence-electron chi connectivity index (χ2n) is 20.8. The third-order valence-corrected chi connectivity index (χ3v) is 15.9. The number of hydrogen-bond acceptors (Lipinski definition) is 5. The Morgan fingerprint density at radius 1 is 0.587 bits per heavy atom. The fourth-order valence-electron chi connectivity index (χ4n) is 13.8. The molecular formula is C58H55N5. The summed E-state index contributed by atoms with van der Waals surface area (Å²) in [5.41, 5.74) is 18.3. The average Bonchev–Trinajstić information content (AvgIpc) is 3.66. The number of rotatable bonds is 3. The fraction of sp³-hybridized carbons (Fsp3) is 0.293. The summed E-state index contributed by atoms with van der Waals surface area (Å²) in [7, 11) is 0. The minimum atomic E-state index is -0.521. The van der Waals surface area contributed by atoms with E-state index in [4.69, 9.17) is 9.97 Å². The molecule has 0 saturated carbocycles. The first kappa shape index (κ1) is 39.3. The Labute approximate surface area is 373 Å². The molecule has 0 bridgehead atoms. The van der Waals surface area contributed by atoms with Gasteiger partial charge in [0.2, 0.25) is 0 Å². The van der Waals surface area contributed by atoms with Gasteiger partial charge in [-0.05, 0) is 126 Å². The molecule has 312 valence electrons. The van der Waals surface area contributed by atoms with Crippen LogP contribution in [-0.4, -0.2) is 16.0 Å². The van der Waals surface area contributed by atoms with E-state index in [0.717, 1.165) is 57.4 Å². The first-order valence-corrected chi connectivity index (χ1v) is 22.6. The first-order valence-electron chi connectivity index (χ1n) is 22.6. The van der Waals surface area contributed by atoms with E-state index >= 15 is 0 Å². The van der Waals surface area contributed by atoms with Gasteiger partial charge in [0.15, 0.2) is 0 Å².